The van der Waals surface area contributed by atoms with Gasteiger partial charge in [0.2, 0.25) is 0 Å². The Hall–Kier alpha value is -3.98. The summed E-state index contributed by atoms with van der Waals surface area (Å²) < 4.78 is 68.9. The highest BCUT2D eigenvalue weighted by molar-refractivity contribution is 6.30. The summed E-state index contributed by atoms with van der Waals surface area (Å²) in [5.41, 5.74) is -2.38. The summed E-state index contributed by atoms with van der Waals surface area (Å²) in [7, 11) is 0. The SMILES string of the molecule is O=C(Nc1cccc(F)c1)NC(Cc1ccccc1)(c1ccc(F)c(C(F)(F)F)c1)c1ccc(Cl)cn1. The molecule has 10 heteroatoms. The number of carbonyl (C=O) groups is 1. The van der Waals surface area contributed by atoms with E-state index in [0.717, 1.165) is 12.1 Å². The lowest BCUT2D eigenvalue weighted by Gasteiger charge is -2.36. The standard InChI is InChI=1S/C27H19ClF5N3O/c28-19-10-12-24(34-16-19)26(15-17-5-2-1-3-6-17,18-9-11-23(30)22(13-18)27(31,32)33)36-25(37)35-21-8-4-7-20(29)14-21/h1-14,16H,15H2,(H2,35,36,37). The van der Waals surface area contributed by atoms with Crippen LogP contribution in [-0.2, 0) is 18.1 Å². The Morgan fingerprint density at radius 1 is 0.892 bits per heavy atom. The number of benzene rings is 3. The molecule has 2 N–H and O–H groups in total. The molecule has 0 radical (unpaired) electrons. The number of alkyl halides is 3. The van der Waals surface area contributed by atoms with Gasteiger partial charge in [-0.15, -0.1) is 0 Å². The van der Waals surface area contributed by atoms with Crippen molar-refractivity contribution in [2.24, 2.45) is 0 Å². The molecule has 0 spiro atoms. The van der Waals surface area contributed by atoms with Gasteiger partial charge in [0, 0.05) is 18.3 Å². The Bertz CT molecular complexity index is 1400. The normalized spacial score (nSPS) is 13.0. The minimum atomic E-state index is -4.99. The highest BCUT2D eigenvalue weighted by atomic mass is 35.5. The number of nitrogens with zero attached hydrogens (tertiary/aromatic N) is 1. The van der Waals surface area contributed by atoms with E-state index in [4.69, 9.17) is 11.6 Å². The zero-order valence-corrected chi connectivity index (χ0v) is 19.7. The van der Waals surface area contributed by atoms with Crippen LogP contribution in [0.2, 0.25) is 5.02 Å². The molecule has 2 amide bonds. The third kappa shape index (κ3) is 6.06. The fourth-order valence-corrected chi connectivity index (χ4v) is 4.09. The average Bonchev–Trinajstić information content (AvgIpc) is 2.84. The van der Waals surface area contributed by atoms with Gasteiger partial charge in [-0.3, -0.25) is 4.98 Å². The van der Waals surface area contributed by atoms with Gasteiger partial charge in [-0.25, -0.2) is 13.6 Å². The molecule has 0 saturated carbocycles. The molecule has 3 aromatic carbocycles. The summed E-state index contributed by atoms with van der Waals surface area (Å²) in [6, 6.07) is 18.4. The van der Waals surface area contributed by atoms with Gasteiger partial charge < -0.3 is 10.6 Å². The van der Waals surface area contributed by atoms with Crippen molar-refractivity contribution >= 4 is 23.3 Å². The van der Waals surface area contributed by atoms with Gasteiger partial charge in [-0.1, -0.05) is 54.1 Å². The van der Waals surface area contributed by atoms with Gasteiger partial charge in [0.15, 0.2) is 0 Å². The maximum atomic E-state index is 14.2. The van der Waals surface area contributed by atoms with Gasteiger partial charge in [0.05, 0.1) is 16.3 Å². The van der Waals surface area contributed by atoms with Crippen molar-refractivity contribution < 1.29 is 26.7 Å². The second-order valence-corrected chi connectivity index (χ2v) is 8.65. The fourth-order valence-electron chi connectivity index (χ4n) is 3.98. The Kier molecular flexibility index (Phi) is 7.45. The van der Waals surface area contributed by atoms with Crippen molar-refractivity contribution in [3.05, 3.63) is 130 Å². The van der Waals surface area contributed by atoms with E-state index >= 15 is 0 Å². The fraction of sp³-hybridized carbons (Fsp3) is 0.111. The van der Waals surface area contributed by atoms with Crippen molar-refractivity contribution in [2.45, 2.75) is 18.1 Å². The molecule has 4 aromatic rings. The number of carbonyl (C=O) groups excluding carboxylic acids is 1. The molecule has 190 valence electrons. The van der Waals surface area contributed by atoms with Crippen LogP contribution in [0.15, 0.2) is 91.1 Å². The third-order valence-corrected chi connectivity index (χ3v) is 5.87. The molecule has 4 nitrogen and oxygen atoms in total. The first-order valence-corrected chi connectivity index (χ1v) is 11.3. The molecule has 0 bridgehead atoms. The van der Waals surface area contributed by atoms with Gasteiger partial charge >= 0.3 is 12.2 Å². The van der Waals surface area contributed by atoms with E-state index in [1.807, 2.05) is 0 Å². The van der Waals surface area contributed by atoms with Crippen molar-refractivity contribution in [2.75, 3.05) is 5.32 Å². The molecule has 0 aliphatic rings. The maximum absolute atomic E-state index is 14.2. The quantitative estimate of drug-likeness (QED) is 0.256. The average molecular weight is 532 g/mol. The first-order valence-electron chi connectivity index (χ1n) is 10.9. The lowest BCUT2D eigenvalue weighted by molar-refractivity contribution is -0.140. The van der Waals surface area contributed by atoms with E-state index < -0.39 is 34.9 Å². The summed E-state index contributed by atoms with van der Waals surface area (Å²) in [6.45, 7) is 0. The number of hydrogen-bond acceptors (Lipinski definition) is 2. The summed E-state index contributed by atoms with van der Waals surface area (Å²) >= 11 is 6.01. The number of hydrogen-bond donors (Lipinski definition) is 2. The second-order valence-electron chi connectivity index (χ2n) is 8.21. The predicted octanol–water partition coefficient (Wildman–Crippen LogP) is 7.34. The summed E-state index contributed by atoms with van der Waals surface area (Å²) in [6.07, 6.45) is -3.76. The number of rotatable bonds is 6. The number of nitrogens with one attached hydrogen (secondary N) is 2. The zero-order valence-electron chi connectivity index (χ0n) is 19.0. The molecule has 1 aromatic heterocycles. The predicted molar refractivity (Wildman–Crippen MR) is 130 cm³/mol. The highest BCUT2D eigenvalue weighted by Crippen LogP contribution is 2.38. The molecule has 1 heterocycles. The number of aromatic nitrogens is 1. The van der Waals surface area contributed by atoms with Crippen LogP contribution >= 0.6 is 11.6 Å². The zero-order chi connectivity index (χ0) is 26.6. The molecule has 0 saturated heterocycles. The van der Waals surface area contributed by atoms with E-state index in [-0.39, 0.29) is 28.4 Å². The van der Waals surface area contributed by atoms with Crippen LogP contribution in [0.4, 0.5) is 32.4 Å². The summed E-state index contributed by atoms with van der Waals surface area (Å²) in [5.74, 6) is -2.06. The number of halogens is 6. The van der Waals surface area contributed by atoms with Crippen LogP contribution in [-0.4, -0.2) is 11.0 Å². The van der Waals surface area contributed by atoms with Crippen LogP contribution in [0.5, 0.6) is 0 Å². The molecule has 1 atom stereocenters. The smallest absolute Gasteiger partial charge is 0.322 e. The van der Waals surface area contributed by atoms with E-state index in [1.54, 1.807) is 30.3 Å². The molecule has 0 aliphatic heterocycles. The summed E-state index contributed by atoms with van der Waals surface area (Å²) in [5, 5.41) is 5.48. The van der Waals surface area contributed by atoms with Crippen molar-refractivity contribution in [3.63, 3.8) is 0 Å². The van der Waals surface area contributed by atoms with Gasteiger partial charge in [0.1, 0.15) is 17.2 Å². The Morgan fingerprint density at radius 2 is 1.65 bits per heavy atom. The van der Waals surface area contributed by atoms with Crippen LogP contribution in [0, 0.1) is 11.6 Å². The largest absolute Gasteiger partial charge is 0.419 e. The van der Waals surface area contributed by atoms with Gasteiger partial charge in [-0.2, -0.15) is 13.2 Å². The molecule has 1 unspecified atom stereocenters. The van der Waals surface area contributed by atoms with Crippen LogP contribution < -0.4 is 10.6 Å². The number of anilines is 1. The third-order valence-electron chi connectivity index (χ3n) is 5.65. The first-order chi connectivity index (χ1) is 17.6. The lowest BCUT2D eigenvalue weighted by Crippen LogP contribution is -2.50. The van der Waals surface area contributed by atoms with Crippen molar-refractivity contribution in [1.29, 1.82) is 0 Å². The van der Waals surface area contributed by atoms with Crippen molar-refractivity contribution in [1.82, 2.24) is 10.3 Å². The second kappa shape index (κ2) is 10.6. The van der Waals surface area contributed by atoms with E-state index in [1.165, 1.54) is 36.5 Å². The molecule has 0 aliphatic carbocycles. The van der Waals surface area contributed by atoms with Crippen LogP contribution in [0.1, 0.15) is 22.4 Å². The Morgan fingerprint density at radius 3 is 2.30 bits per heavy atom. The number of urea groups is 1. The minimum Gasteiger partial charge on any atom is -0.322 e. The number of amides is 2. The van der Waals surface area contributed by atoms with E-state index in [2.05, 4.69) is 15.6 Å². The maximum Gasteiger partial charge on any atom is 0.419 e. The van der Waals surface area contributed by atoms with E-state index in [9.17, 15) is 26.7 Å². The topological polar surface area (TPSA) is 54.0 Å². The van der Waals surface area contributed by atoms with Gasteiger partial charge in [0.25, 0.3) is 0 Å². The Balaban J connectivity index is 1.90. The monoisotopic (exact) mass is 531 g/mol. The van der Waals surface area contributed by atoms with E-state index in [0.29, 0.717) is 17.7 Å². The molecular formula is C27H19ClF5N3O. The molecular weight excluding hydrogens is 513 g/mol. The molecule has 37 heavy (non-hydrogen) atoms. The van der Waals surface area contributed by atoms with Crippen LogP contribution in [0.3, 0.4) is 0 Å². The molecule has 0 fully saturated rings. The summed E-state index contributed by atoms with van der Waals surface area (Å²) in [4.78, 5) is 17.5. The Labute approximate surface area is 214 Å². The number of pyridine rings is 1. The van der Waals surface area contributed by atoms with Crippen LogP contribution in [0.25, 0.3) is 0 Å². The highest BCUT2D eigenvalue weighted by Gasteiger charge is 2.41. The minimum absolute atomic E-state index is 0.0536. The lowest BCUT2D eigenvalue weighted by atomic mass is 9.80. The van der Waals surface area contributed by atoms with Gasteiger partial charge in [-0.05, 0) is 53.6 Å². The molecule has 4 rings (SSSR count). The first kappa shape index (κ1) is 26.1. The van der Waals surface area contributed by atoms with Crippen molar-refractivity contribution in [3.8, 4) is 0 Å².